The first-order chi connectivity index (χ1) is 13.8. The fourth-order valence-electron chi connectivity index (χ4n) is 4.01. The molecule has 0 unspecified atom stereocenters. The maximum atomic E-state index is 12.1. The molecular weight excluding hydrogens is 392 g/mol. The summed E-state index contributed by atoms with van der Waals surface area (Å²) in [5.41, 5.74) is 9.13. The van der Waals surface area contributed by atoms with E-state index in [1.165, 1.54) is 0 Å². The van der Waals surface area contributed by atoms with Crippen LogP contribution >= 0.6 is 0 Å². The van der Waals surface area contributed by atoms with Crippen LogP contribution in [0.5, 0.6) is 11.5 Å². The van der Waals surface area contributed by atoms with Crippen molar-refractivity contribution in [2.45, 2.75) is 12.3 Å². The molecule has 1 amide bonds. The maximum absolute atomic E-state index is 12.1. The van der Waals surface area contributed by atoms with Crippen LogP contribution in [0.15, 0.2) is 36.5 Å². The van der Waals surface area contributed by atoms with Gasteiger partial charge < -0.3 is 20.2 Å². The molecule has 2 aromatic carbocycles. The number of aromatic amines is 1. The lowest BCUT2D eigenvalue weighted by Crippen LogP contribution is -2.12. The van der Waals surface area contributed by atoms with Crippen LogP contribution in [0.4, 0.5) is 0 Å². The molecule has 3 N–H and O–H groups in total. The van der Waals surface area contributed by atoms with E-state index in [0.717, 1.165) is 22.1 Å². The zero-order chi connectivity index (χ0) is 20.8. The van der Waals surface area contributed by atoms with Crippen molar-refractivity contribution >= 4 is 26.6 Å². The summed E-state index contributed by atoms with van der Waals surface area (Å²) in [6.45, 7) is 0. The van der Waals surface area contributed by atoms with E-state index in [9.17, 15) is 13.2 Å². The molecule has 3 aromatic rings. The molecule has 0 aliphatic carbocycles. The highest BCUT2D eigenvalue weighted by atomic mass is 32.2. The number of amides is 1. The van der Waals surface area contributed by atoms with Crippen molar-refractivity contribution in [3.63, 3.8) is 0 Å². The van der Waals surface area contributed by atoms with Crippen LogP contribution < -0.4 is 15.2 Å². The Morgan fingerprint density at radius 1 is 1.10 bits per heavy atom. The van der Waals surface area contributed by atoms with E-state index < -0.39 is 15.7 Å². The second kappa shape index (κ2) is 7.11. The number of carbonyl (C=O) groups excluding carboxylic acids is 1. The van der Waals surface area contributed by atoms with Gasteiger partial charge in [-0.1, -0.05) is 6.07 Å². The number of carbonyl (C=O) groups is 1. The van der Waals surface area contributed by atoms with Crippen LogP contribution in [-0.2, 0) is 9.84 Å². The van der Waals surface area contributed by atoms with Crippen LogP contribution in [0.2, 0.25) is 0 Å². The molecule has 1 aliphatic rings. The summed E-state index contributed by atoms with van der Waals surface area (Å²) >= 11 is 0. The molecule has 2 heterocycles. The molecule has 0 radical (unpaired) electrons. The zero-order valence-electron chi connectivity index (χ0n) is 16.2. The number of primary amides is 1. The lowest BCUT2D eigenvalue weighted by Gasteiger charge is -2.12. The van der Waals surface area contributed by atoms with Crippen LogP contribution in [0.3, 0.4) is 0 Å². The molecule has 8 heteroatoms. The summed E-state index contributed by atoms with van der Waals surface area (Å²) in [4.78, 5) is 15.2. The number of hydrogen-bond acceptors (Lipinski definition) is 5. The fraction of sp³-hybridized carbons (Fsp3) is 0.286. The van der Waals surface area contributed by atoms with Crippen LogP contribution in [-0.4, -0.2) is 45.0 Å². The minimum atomic E-state index is -3.03. The average Bonchev–Trinajstić information content (AvgIpc) is 3.28. The van der Waals surface area contributed by atoms with Crippen LogP contribution in [0.25, 0.3) is 22.0 Å². The number of nitrogens with two attached hydrogens (primary N) is 1. The van der Waals surface area contributed by atoms with Crippen molar-refractivity contribution in [2.24, 2.45) is 5.73 Å². The molecule has 1 saturated heterocycles. The Labute approximate surface area is 168 Å². The van der Waals surface area contributed by atoms with Crippen molar-refractivity contribution < 1.29 is 22.7 Å². The topological polar surface area (TPSA) is 111 Å². The van der Waals surface area contributed by atoms with E-state index in [-0.39, 0.29) is 17.4 Å². The summed E-state index contributed by atoms with van der Waals surface area (Å²) in [5.74, 6) is 0.821. The lowest BCUT2D eigenvalue weighted by molar-refractivity contribution is 0.100. The van der Waals surface area contributed by atoms with Gasteiger partial charge in [-0.3, -0.25) is 4.79 Å². The smallest absolute Gasteiger partial charge is 0.250 e. The molecule has 7 nitrogen and oxygen atoms in total. The van der Waals surface area contributed by atoms with Gasteiger partial charge in [-0.05, 0) is 47.4 Å². The minimum absolute atomic E-state index is 0.102. The van der Waals surface area contributed by atoms with E-state index in [1.54, 1.807) is 32.5 Å². The van der Waals surface area contributed by atoms with Crippen LogP contribution in [0, 0.1) is 0 Å². The largest absolute Gasteiger partial charge is 0.493 e. The van der Waals surface area contributed by atoms with Gasteiger partial charge in [-0.2, -0.15) is 0 Å². The number of methoxy groups -OCH3 is 2. The van der Waals surface area contributed by atoms with Gasteiger partial charge in [0.1, 0.15) is 0 Å². The SMILES string of the molecule is COc1ccc(-c2cc(C(N)=O)c3[nH]cc([C@@H]4CCS(=O)(=O)C4)c3c2)cc1OC. The molecular formula is C21H22N2O5S. The van der Waals surface area contributed by atoms with E-state index in [0.29, 0.717) is 29.0 Å². The minimum Gasteiger partial charge on any atom is -0.493 e. The van der Waals surface area contributed by atoms with Gasteiger partial charge in [0, 0.05) is 17.5 Å². The molecule has 1 fully saturated rings. The predicted molar refractivity (Wildman–Crippen MR) is 111 cm³/mol. The number of aromatic nitrogens is 1. The number of sulfone groups is 1. The maximum Gasteiger partial charge on any atom is 0.250 e. The molecule has 152 valence electrons. The summed E-state index contributed by atoms with van der Waals surface area (Å²) in [5, 5.41) is 0.813. The van der Waals surface area contributed by atoms with Gasteiger partial charge in [-0.25, -0.2) is 8.42 Å². The highest BCUT2D eigenvalue weighted by Crippen LogP contribution is 2.38. The zero-order valence-corrected chi connectivity index (χ0v) is 17.0. The number of benzene rings is 2. The van der Waals surface area contributed by atoms with E-state index in [4.69, 9.17) is 15.2 Å². The number of hydrogen-bond donors (Lipinski definition) is 2. The van der Waals surface area contributed by atoms with Gasteiger partial charge in [0.25, 0.3) is 5.91 Å². The molecule has 29 heavy (non-hydrogen) atoms. The summed E-state index contributed by atoms with van der Waals surface area (Å²) < 4.78 is 34.6. The van der Waals surface area contributed by atoms with Gasteiger partial charge in [0.05, 0.1) is 36.8 Å². The molecule has 1 atom stereocenters. The average molecular weight is 414 g/mol. The van der Waals surface area contributed by atoms with E-state index >= 15 is 0 Å². The van der Waals surface area contributed by atoms with Gasteiger partial charge in [0.2, 0.25) is 0 Å². The number of nitrogens with one attached hydrogen (secondary N) is 1. The Balaban J connectivity index is 1.90. The first kappa shape index (κ1) is 19.3. The van der Waals surface area contributed by atoms with Gasteiger partial charge in [0.15, 0.2) is 21.3 Å². The first-order valence-electron chi connectivity index (χ1n) is 9.20. The Morgan fingerprint density at radius 2 is 1.86 bits per heavy atom. The van der Waals surface area contributed by atoms with Crippen molar-refractivity contribution in [1.29, 1.82) is 0 Å². The van der Waals surface area contributed by atoms with Crippen LogP contribution in [0.1, 0.15) is 28.3 Å². The second-order valence-corrected chi connectivity index (χ2v) is 9.45. The monoisotopic (exact) mass is 414 g/mol. The molecule has 0 spiro atoms. The Morgan fingerprint density at radius 3 is 2.48 bits per heavy atom. The highest BCUT2D eigenvalue weighted by Gasteiger charge is 2.31. The molecule has 1 aliphatic heterocycles. The Hall–Kier alpha value is -3.00. The summed E-state index contributed by atoms with van der Waals surface area (Å²) in [6, 6.07) is 9.19. The molecule has 4 rings (SSSR count). The summed E-state index contributed by atoms with van der Waals surface area (Å²) in [7, 11) is 0.0944. The number of fused-ring (bicyclic) bond motifs is 1. The van der Waals surface area contributed by atoms with Crippen molar-refractivity contribution in [3.8, 4) is 22.6 Å². The van der Waals surface area contributed by atoms with Crippen molar-refractivity contribution in [1.82, 2.24) is 4.98 Å². The standard InChI is InChI=1S/C21H22N2O5S/c1-27-18-4-3-12(9-19(18)28-2)14-7-15-17(13-5-6-29(25,26)11-13)10-23-20(15)16(8-14)21(22)24/h3-4,7-10,13,23H,5-6,11H2,1-2H3,(H2,22,24)/t13-/m1/s1. The summed E-state index contributed by atoms with van der Waals surface area (Å²) in [6.07, 6.45) is 2.36. The number of rotatable bonds is 5. The highest BCUT2D eigenvalue weighted by molar-refractivity contribution is 7.91. The van der Waals surface area contributed by atoms with E-state index in [1.807, 2.05) is 18.2 Å². The quantitative estimate of drug-likeness (QED) is 0.667. The number of H-pyrrole nitrogens is 1. The molecule has 1 aromatic heterocycles. The predicted octanol–water partition coefficient (Wildman–Crippen LogP) is 2.85. The molecule has 0 saturated carbocycles. The first-order valence-corrected chi connectivity index (χ1v) is 11.0. The third-order valence-corrected chi connectivity index (χ3v) is 7.24. The Kier molecular flexibility index (Phi) is 4.74. The van der Waals surface area contributed by atoms with Gasteiger partial charge >= 0.3 is 0 Å². The van der Waals surface area contributed by atoms with Gasteiger partial charge in [-0.15, -0.1) is 0 Å². The fourth-order valence-corrected chi connectivity index (χ4v) is 5.78. The second-order valence-electron chi connectivity index (χ2n) is 7.22. The Bertz CT molecular complexity index is 1210. The van der Waals surface area contributed by atoms with Crippen molar-refractivity contribution in [2.75, 3.05) is 25.7 Å². The van der Waals surface area contributed by atoms with E-state index in [2.05, 4.69) is 4.98 Å². The normalized spacial score (nSPS) is 18.1. The molecule has 0 bridgehead atoms. The third-order valence-electron chi connectivity index (χ3n) is 5.48. The van der Waals surface area contributed by atoms with Crippen molar-refractivity contribution in [3.05, 3.63) is 47.7 Å². The lowest BCUT2D eigenvalue weighted by atomic mass is 9.93. The number of ether oxygens (including phenoxy) is 2. The third kappa shape index (κ3) is 3.44.